The molecule has 0 saturated carbocycles. The number of amides is 2. The molecule has 1 aromatic rings. The molecule has 26 heavy (non-hydrogen) atoms. The van der Waals surface area contributed by atoms with Crippen LogP contribution in [-0.4, -0.2) is 47.8 Å². The van der Waals surface area contributed by atoms with Crippen molar-refractivity contribution in [2.75, 3.05) is 26.2 Å². The summed E-state index contributed by atoms with van der Waals surface area (Å²) < 4.78 is 0.978. The predicted molar refractivity (Wildman–Crippen MR) is 108 cm³/mol. The van der Waals surface area contributed by atoms with E-state index >= 15 is 0 Å². The molecule has 2 aliphatic rings. The van der Waals surface area contributed by atoms with Gasteiger partial charge in [-0.3, -0.25) is 9.59 Å². The van der Waals surface area contributed by atoms with Crippen LogP contribution in [0.3, 0.4) is 0 Å². The fraction of sp³-hybridized carbons (Fsp3) is 0.524. The summed E-state index contributed by atoms with van der Waals surface area (Å²) in [5.74, 6) is 0.425. The van der Waals surface area contributed by atoms with Gasteiger partial charge in [-0.1, -0.05) is 47.0 Å². The van der Waals surface area contributed by atoms with Crippen molar-refractivity contribution in [3.8, 4) is 0 Å². The van der Waals surface area contributed by atoms with Crippen molar-refractivity contribution in [3.05, 3.63) is 40.4 Å². The Balaban J connectivity index is 1.50. The molecule has 0 aliphatic carbocycles. The minimum Gasteiger partial charge on any atom is -0.342 e. The summed E-state index contributed by atoms with van der Waals surface area (Å²) in [6.45, 7) is 3.16. The lowest BCUT2D eigenvalue weighted by Gasteiger charge is -2.33. The molecule has 2 heterocycles. The highest BCUT2D eigenvalue weighted by Gasteiger charge is 2.29. The molecular formula is C21H27BrN2O2. The van der Waals surface area contributed by atoms with Crippen molar-refractivity contribution in [1.29, 1.82) is 0 Å². The highest BCUT2D eigenvalue weighted by atomic mass is 79.9. The first-order valence-electron chi connectivity index (χ1n) is 9.65. The van der Waals surface area contributed by atoms with Gasteiger partial charge in [0.1, 0.15) is 0 Å². The van der Waals surface area contributed by atoms with Crippen LogP contribution in [0.5, 0.6) is 0 Å². The molecule has 2 saturated heterocycles. The van der Waals surface area contributed by atoms with Gasteiger partial charge in [-0.2, -0.15) is 0 Å². The number of carbonyl (C=O) groups is 2. The lowest BCUT2D eigenvalue weighted by Crippen LogP contribution is -2.44. The zero-order valence-electron chi connectivity index (χ0n) is 15.2. The van der Waals surface area contributed by atoms with E-state index in [4.69, 9.17) is 0 Å². The van der Waals surface area contributed by atoms with E-state index in [2.05, 4.69) is 20.8 Å². The summed E-state index contributed by atoms with van der Waals surface area (Å²) in [6.07, 6.45) is 9.78. The summed E-state index contributed by atoms with van der Waals surface area (Å²) >= 11 is 3.49. The van der Waals surface area contributed by atoms with E-state index in [0.717, 1.165) is 48.8 Å². The van der Waals surface area contributed by atoms with E-state index < -0.39 is 0 Å². The number of piperidine rings is 1. The van der Waals surface area contributed by atoms with E-state index in [1.807, 2.05) is 35.2 Å². The fourth-order valence-electron chi connectivity index (χ4n) is 3.77. The Morgan fingerprint density at radius 1 is 0.923 bits per heavy atom. The third-order valence-electron chi connectivity index (χ3n) is 5.38. The maximum absolute atomic E-state index is 12.7. The third-order valence-corrected chi connectivity index (χ3v) is 6.11. The first-order valence-corrected chi connectivity index (χ1v) is 10.4. The number of benzene rings is 1. The maximum Gasteiger partial charge on any atom is 0.246 e. The van der Waals surface area contributed by atoms with E-state index in [1.165, 1.54) is 12.8 Å². The number of likely N-dealkylation sites (tertiary alicyclic amines) is 2. The molecule has 2 aliphatic heterocycles. The Bertz CT molecular complexity index is 658. The summed E-state index contributed by atoms with van der Waals surface area (Å²) in [5, 5.41) is 0. The lowest BCUT2D eigenvalue weighted by molar-refractivity contribution is -0.139. The van der Waals surface area contributed by atoms with Crippen LogP contribution in [0.15, 0.2) is 34.8 Å². The monoisotopic (exact) mass is 418 g/mol. The molecule has 0 radical (unpaired) electrons. The molecule has 2 fully saturated rings. The molecule has 0 atom stereocenters. The van der Waals surface area contributed by atoms with Crippen molar-refractivity contribution < 1.29 is 9.59 Å². The summed E-state index contributed by atoms with van der Waals surface area (Å²) in [7, 11) is 0. The zero-order chi connectivity index (χ0) is 18.4. The molecule has 3 rings (SSSR count). The van der Waals surface area contributed by atoms with E-state index in [-0.39, 0.29) is 11.8 Å². The number of nitrogens with zero attached hydrogens (tertiary/aromatic N) is 2. The van der Waals surface area contributed by atoms with Gasteiger partial charge in [0.15, 0.2) is 0 Å². The Kier molecular flexibility index (Phi) is 6.89. The second kappa shape index (κ2) is 9.36. The van der Waals surface area contributed by atoms with Gasteiger partial charge in [0, 0.05) is 42.6 Å². The summed E-state index contributed by atoms with van der Waals surface area (Å²) in [5.41, 5.74) is 0.993. The van der Waals surface area contributed by atoms with Crippen LogP contribution in [0, 0.1) is 5.92 Å². The number of hydrogen-bond donors (Lipinski definition) is 0. The second-order valence-corrected chi connectivity index (χ2v) is 8.05. The van der Waals surface area contributed by atoms with Gasteiger partial charge >= 0.3 is 0 Å². The third kappa shape index (κ3) is 4.97. The molecule has 1 aromatic carbocycles. The van der Waals surface area contributed by atoms with Crippen molar-refractivity contribution in [2.45, 2.75) is 38.5 Å². The maximum atomic E-state index is 12.7. The topological polar surface area (TPSA) is 40.6 Å². The average Bonchev–Trinajstić information content (AvgIpc) is 2.96. The zero-order valence-corrected chi connectivity index (χ0v) is 16.8. The Morgan fingerprint density at radius 2 is 1.58 bits per heavy atom. The van der Waals surface area contributed by atoms with Crippen LogP contribution in [0.4, 0.5) is 0 Å². The van der Waals surface area contributed by atoms with Crippen molar-refractivity contribution >= 4 is 33.8 Å². The number of carbonyl (C=O) groups excluding carboxylic acids is 2. The summed E-state index contributed by atoms with van der Waals surface area (Å²) in [6, 6.07) is 7.84. The van der Waals surface area contributed by atoms with Gasteiger partial charge in [0.25, 0.3) is 0 Å². The Labute approximate surface area is 164 Å². The molecule has 4 nitrogen and oxygen atoms in total. The number of halogens is 1. The van der Waals surface area contributed by atoms with Gasteiger partial charge in [0.05, 0.1) is 0 Å². The number of hydrogen-bond acceptors (Lipinski definition) is 2. The molecule has 140 valence electrons. The van der Waals surface area contributed by atoms with E-state index in [9.17, 15) is 9.59 Å². The summed E-state index contributed by atoms with van der Waals surface area (Å²) in [4.78, 5) is 29.1. The van der Waals surface area contributed by atoms with Crippen LogP contribution in [0.25, 0.3) is 6.08 Å². The first-order chi connectivity index (χ1) is 12.6. The highest BCUT2D eigenvalue weighted by Crippen LogP contribution is 2.22. The molecule has 0 bridgehead atoms. The molecule has 5 heteroatoms. The van der Waals surface area contributed by atoms with Gasteiger partial charge in [0.2, 0.25) is 11.8 Å². The van der Waals surface area contributed by atoms with Crippen LogP contribution in [0.2, 0.25) is 0 Å². The minimum atomic E-state index is 0.0291. The average molecular weight is 419 g/mol. The SMILES string of the molecule is O=C(C=Cc1ccccc1Br)N1CCC(C(=O)N2CCCCCC2)CC1. The smallest absolute Gasteiger partial charge is 0.246 e. The fourth-order valence-corrected chi connectivity index (χ4v) is 4.19. The van der Waals surface area contributed by atoms with Crippen LogP contribution in [0.1, 0.15) is 44.1 Å². The number of rotatable bonds is 3. The van der Waals surface area contributed by atoms with Crippen molar-refractivity contribution in [3.63, 3.8) is 0 Å². The van der Waals surface area contributed by atoms with E-state index in [0.29, 0.717) is 19.0 Å². The predicted octanol–water partition coefficient (Wildman–Crippen LogP) is 4.10. The minimum absolute atomic E-state index is 0.0291. The Morgan fingerprint density at radius 3 is 2.23 bits per heavy atom. The molecule has 0 unspecified atom stereocenters. The molecule has 2 amide bonds. The molecule has 0 spiro atoms. The molecule has 0 N–H and O–H groups in total. The Hall–Kier alpha value is -1.62. The van der Waals surface area contributed by atoms with Gasteiger partial charge in [-0.25, -0.2) is 0 Å². The molecular weight excluding hydrogens is 392 g/mol. The normalized spacial score (nSPS) is 19.6. The van der Waals surface area contributed by atoms with Crippen molar-refractivity contribution in [2.24, 2.45) is 5.92 Å². The van der Waals surface area contributed by atoms with Crippen molar-refractivity contribution in [1.82, 2.24) is 9.80 Å². The van der Waals surface area contributed by atoms with Crippen LogP contribution < -0.4 is 0 Å². The quantitative estimate of drug-likeness (QED) is 0.693. The van der Waals surface area contributed by atoms with Gasteiger partial charge < -0.3 is 9.80 Å². The van der Waals surface area contributed by atoms with Gasteiger partial charge in [-0.15, -0.1) is 0 Å². The standard InChI is InChI=1S/C21H27BrN2O2/c22-19-8-4-3-7-17(19)9-10-20(25)23-15-11-18(12-16-23)21(26)24-13-5-1-2-6-14-24/h3-4,7-10,18H,1-2,5-6,11-16H2. The van der Waals surface area contributed by atoms with Crippen LogP contribution >= 0.6 is 15.9 Å². The van der Waals surface area contributed by atoms with E-state index in [1.54, 1.807) is 6.08 Å². The largest absolute Gasteiger partial charge is 0.342 e. The molecule has 0 aromatic heterocycles. The van der Waals surface area contributed by atoms with Gasteiger partial charge in [-0.05, 0) is 43.4 Å². The van der Waals surface area contributed by atoms with Crippen LogP contribution in [-0.2, 0) is 9.59 Å². The lowest BCUT2D eigenvalue weighted by atomic mass is 9.95. The highest BCUT2D eigenvalue weighted by molar-refractivity contribution is 9.10. The second-order valence-electron chi connectivity index (χ2n) is 7.19. The first kappa shape index (κ1) is 19.2.